The highest BCUT2D eigenvalue weighted by molar-refractivity contribution is 9.10. The molecule has 1 aromatic heterocycles. The van der Waals surface area contributed by atoms with Crippen molar-refractivity contribution in [2.24, 2.45) is 0 Å². The molecule has 0 aliphatic rings. The van der Waals surface area contributed by atoms with Gasteiger partial charge in [-0.2, -0.15) is 13.2 Å². The van der Waals surface area contributed by atoms with Crippen LogP contribution in [-0.4, -0.2) is 12.7 Å². The summed E-state index contributed by atoms with van der Waals surface area (Å²) in [7, 11) is 0. The smallest absolute Gasteiger partial charge is 0.302 e. The Hall–Kier alpha value is -0.0700. The summed E-state index contributed by atoms with van der Waals surface area (Å²) >= 11 is 4.40. The molecule has 0 amide bonds. The fourth-order valence-corrected chi connectivity index (χ4v) is 2.95. The minimum atomic E-state index is -4.24. The van der Waals surface area contributed by atoms with Crippen LogP contribution in [0.5, 0.6) is 0 Å². The van der Waals surface area contributed by atoms with Crippen molar-refractivity contribution >= 4 is 27.3 Å². The molecule has 0 aromatic carbocycles. The molecule has 6 heteroatoms. The van der Waals surface area contributed by atoms with Crippen molar-refractivity contribution in [1.82, 2.24) is 5.32 Å². The Morgan fingerprint density at radius 3 is 2.50 bits per heavy atom. The number of nitrogens with one attached hydrogen (secondary N) is 1. The van der Waals surface area contributed by atoms with E-state index in [0.717, 1.165) is 9.35 Å². The van der Waals surface area contributed by atoms with Crippen LogP contribution in [0.4, 0.5) is 13.2 Å². The van der Waals surface area contributed by atoms with E-state index in [4.69, 9.17) is 0 Å². The van der Waals surface area contributed by atoms with E-state index in [9.17, 15) is 13.2 Å². The third-order valence-corrected chi connectivity index (χ3v) is 4.29. The topological polar surface area (TPSA) is 12.0 Å². The summed E-state index contributed by atoms with van der Waals surface area (Å²) in [5.74, 6) is 0. The van der Waals surface area contributed by atoms with Crippen molar-refractivity contribution in [2.45, 2.75) is 32.5 Å². The molecule has 1 atom stereocenters. The molecule has 1 rings (SSSR count). The zero-order valence-electron chi connectivity index (χ0n) is 8.99. The number of rotatable bonds is 4. The maximum absolute atomic E-state index is 12.8. The van der Waals surface area contributed by atoms with Gasteiger partial charge in [-0.1, -0.05) is 6.92 Å². The molecule has 0 spiro atoms. The van der Waals surface area contributed by atoms with Crippen LogP contribution in [-0.2, 0) is 0 Å². The van der Waals surface area contributed by atoms with Gasteiger partial charge in [-0.15, -0.1) is 11.3 Å². The molecular weight excluding hydrogens is 303 g/mol. The first-order valence-electron chi connectivity index (χ1n) is 4.92. The summed E-state index contributed by atoms with van der Waals surface area (Å²) in [4.78, 5) is 1.17. The fraction of sp³-hybridized carbons (Fsp3) is 0.600. The number of alkyl halides is 3. The Labute approximate surface area is 105 Å². The van der Waals surface area contributed by atoms with Gasteiger partial charge in [-0.05, 0) is 41.9 Å². The van der Waals surface area contributed by atoms with Gasteiger partial charge in [-0.25, -0.2) is 0 Å². The second-order valence-electron chi connectivity index (χ2n) is 3.48. The Balaban J connectivity index is 2.92. The molecule has 1 heterocycles. The molecule has 0 radical (unpaired) electrons. The van der Waals surface area contributed by atoms with Gasteiger partial charge in [0, 0.05) is 14.2 Å². The van der Waals surface area contributed by atoms with Crippen molar-refractivity contribution in [2.75, 3.05) is 6.54 Å². The highest BCUT2D eigenvalue weighted by Crippen LogP contribution is 2.38. The van der Waals surface area contributed by atoms with Gasteiger partial charge < -0.3 is 5.32 Å². The summed E-state index contributed by atoms with van der Waals surface area (Å²) in [5, 5.41) is 2.53. The Kier molecular flexibility index (Phi) is 4.82. The van der Waals surface area contributed by atoms with Crippen LogP contribution in [0.1, 0.15) is 29.1 Å². The first-order chi connectivity index (χ1) is 7.36. The van der Waals surface area contributed by atoms with Crippen LogP contribution < -0.4 is 5.32 Å². The van der Waals surface area contributed by atoms with E-state index < -0.39 is 12.2 Å². The molecule has 1 unspecified atom stereocenters. The van der Waals surface area contributed by atoms with E-state index in [1.54, 1.807) is 13.0 Å². The molecule has 1 nitrogen and oxygen atoms in total. The van der Waals surface area contributed by atoms with E-state index in [1.165, 1.54) is 11.3 Å². The molecule has 0 saturated heterocycles. The summed E-state index contributed by atoms with van der Waals surface area (Å²) in [6, 6.07) is -0.0108. The van der Waals surface area contributed by atoms with Crippen molar-refractivity contribution in [3.8, 4) is 0 Å². The molecule has 0 fully saturated rings. The number of aryl methyl sites for hydroxylation is 1. The minimum Gasteiger partial charge on any atom is -0.302 e. The molecule has 0 aliphatic heterocycles. The van der Waals surface area contributed by atoms with E-state index in [2.05, 4.69) is 21.2 Å². The van der Waals surface area contributed by atoms with Gasteiger partial charge in [-0.3, -0.25) is 0 Å². The Bertz CT molecular complexity index is 329. The zero-order chi connectivity index (χ0) is 12.3. The summed E-state index contributed by atoms with van der Waals surface area (Å²) in [5.41, 5.74) is 0. The van der Waals surface area contributed by atoms with E-state index in [1.807, 2.05) is 6.92 Å². The largest absolute Gasteiger partial charge is 0.408 e. The lowest BCUT2D eigenvalue weighted by molar-refractivity contribution is -0.156. The minimum absolute atomic E-state index is 0.310. The lowest BCUT2D eigenvalue weighted by Gasteiger charge is -2.20. The molecule has 1 aromatic rings. The molecule has 16 heavy (non-hydrogen) atoms. The van der Waals surface area contributed by atoms with Gasteiger partial charge in [0.25, 0.3) is 0 Å². The van der Waals surface area contributed by atoms with Gasteiger partial charge in [0.2, 0.25) is 0 Å². The average molecular weight is 316 g/mol. The van der Waals surface area contributed by atoms with Crippen LogP contribution >= 0.6 is 27.3 Å². The second-order valence-corrected chi connectivity index (χ2v) is 5.62. The predicted octanol–water partition coefficient (Wildman–Crippen LogP) is 4.42. The highest BCUT2D eigenvalue weighted by Gasteiger charge is 2.41. The molecule has 0 aliphatic carbocycles. The van der Waals surface area contributed by atoms with Crippen LogP contribution in [0.3, 0.4) is 0 Å². The SMILES string of the molecule is CCCNC(c1cc(Br)c(C)s1)C(F)(F)F. The van der Waals surface area contributed by atoms with Crippen molar-refractivity contribution < 1.29 is 13.2 Å². The quantitative estimate of drug-likeness (QED) is 0.867. The van der Waals surface area contributed by atoms with Gasteiger partial charge in [0.15, 0.2) is 0 Å². The van der Waals surface area contributed by atoms with E-state index in [0.29, 0.717) is 17.8 Å². The molecule has 92 valence electrons. The van der Waals surface area contributed by atoms with Crippen molar-refractivity contribution in [1.29, 1.82) is 0 Å². The summed E-state index contributed by atoms with van der Waals surface area (Å²) in [6.45, 7) is 4.00. The third-order valence-electron chi connectivity index (χ3n) is 2.09. The number of hydrogen-bond donors (Lipinski definition) is 1. The predicted molar refractivity (Wildman–Crippen MR) is 63.8 cm³/mol. The lowest BCUT2D eigenvalue weighted by Crippen LogP contribution is -2.33. The maximum atomic E-state index is 12.8. The van der Waals surface area contributed by atoms with Crippen LogP contribution in [0.2, 0.25) is 0 Å². The lowest BCUT2D eigenvalue weighted by atomic mass is 10.2. The molecule has 1 N–H and O–H groups in total. The standard InChI is InChI=1S/C10H13BrF3NS/c1-3-4-15-9(10(12,13)14)8-5-7(11)6(2)16-8/h5,9,15H,3-4H2,1-2H3. The van der Waals surface area contributed by atoms with Crippen molar-refractivity contribution in [3.63, 3.8) is 0 Å². The Morgan fingerprint density at radius 1 is 1.50 bits per heavy atom. The monoisotopic (exact) mass is 315 g/mol. The molecular formula is C10H13BrF3NS. The number of thiophene rings is 1. The number of hydrogen-bond acceptors (Lipinski definition) is 2. The molecule has 0 saturated carbocycles. The van der Waals surface area contributed by atoms with Crippen LogP contribution in [0.25, 0.3) is 0 Å². The normalized spacial score (nSPS) is 14.1. The number of halogens is 4. The van der Waals surface area contributed by atoms with Crippen molar-refractivity contribution in [3.05, 3.63) is 20.3 Å². The third kappa shape index (κ3) is 3.46. The Morgan fingerprint density at radius 2 is 2.12 bits per heavy atom. The second kappa shape index (κ2) is 5.51. The van der Waals surface area contributed by atoms with Gasteiger partial charge >= 0.3 is 6.18 Å². The summed E-state index contributed by atoms with van der Waals surface area (Å²) < 4.78 is 39.1. The summed E-state index contributed by atoms with van der Waals surface area (Å²) in [6.07, 6.45) is -3.57. The van der Waals surface area contributed by atoms with Gasteiger partial charge in [0.1, 0.15) is 6.04 Å². The zero-order valence-corrected chi connectivity index (χ0v) is 11.4. The first kappa shape index (κ1) is 14.0. The molecule has 0 bridgehead atoms. The van der Waals surface area contributed by atoms with Crippen LogP contribution in [0.15, 0.2) is 10.5 Å². The van der Waals surface area contributed by atoms with Crippen LogP contribution in [0, 0.1) is 6.92 Å². The first-order valence-corrected chi connectivity index (χ1v) is 6.53. The van der Waals surface area contributed by atoms with Gasteiger partial charge in [0.05, 0.1) is 0 Å². The average Bonchev–Trinajstić information content (AvgIpc) is 2.45. The van der Waals surface area contributed by atoms with E-state index >= 15 is 0 Å². The maximum Gasteiger partial charge on any atom is 0.408 e. The highest BCUT2D eigenvalue weighted by atomic mass is 79.9. The van der Waals surface area contributed by atoms with E-state index in [-0.39, 0.29) is 0 Å². The fourth-order valence-electron chi connectivity index (χ4n) is 1.29.